The van der Waals surface area contributed by atoms with Gasteiger partial charge in [0.1, 0.15) is 30.0 Å². The van der Waals surface area contributed by atoms with E-state index in [1.54, 1.807) is 22.2 Å². The Morgan fingerprint density at radius 1 is 0.707 bits per heavy atom. The van der Waals surface area contributed by atoms with E-state index in [4.69, 9.17) is 0 Å². The number of hydrogen-bond donors (Lipinski definition) is 4. The molecule has 4 heterocycles. The molecule has 0 radical (unpaired) electrons. The number of imidazole rings is 2. The van der Waals surface area contributed by atoms with Gasteiger partial charge in [-0.3, -0.25) is 9.59 Å². The zero-order valence-corrected chi connectivity index (χ0v) is 32.8. The summed E-state index contributed by atoms with van der Waals surface area (Å²) in [6, 6.07) is 23.8. The van der Waals surface area contributed by atoms with Gasteiger partial charge in [0.25, 0.3) is 0 Å². The number of likely N-dealkylation sites (N-methyl/N-ethyl adjacent to an activating group) is 2. The molecule has 3 aliphatic rings. The van der Waals surface area contributed by atoms with Gasteiger partial charge in [-0.25, -0.2) is 18.7 Å². The number of halogens is 2. The number of benzene rings is 3. The van der Waals surface area contributed by atoms with Gasteiger partial charge in [-0.05, 0) is 47.3 Å². The first kappa shape index (κ1) is 39.1. The van der Waals surface area contributed by atoms with E-state index in [0.29, 0.717) is 24.7 Å². The molecule has 4 N–H and O–H groups in total. The number of carbonyl (C=O) groups is 2. The molecule has 2 saturated heterocycles. The monoisotopic (exact) mass is 784 g/mol. The van der Waals surface area contributed by atoms with E-state index in [1.807, 2.05) is 111 Å². The van der Waals surface area contributed by atoms with E-state index in [2.05, 4.69) is 36.6 Å². The molecule has 58 heavy (non-hydrogen) atoms. The molecule has 1 aliphatic carbocycles. The number of rotatable bonds is 13. The van der Waals surface area contributed by atoms with Crippen LogP contribution in [0, 0.1) is 5.92 Å². The lowest BCUT2D eigenvalue weighted by atomic mass is 9.91. The van der Waals surface area contributed by atoms with E-state index >= 15 is 0 Å². The fourth-order valence-electron chi connectivity index (χ4n) is 8.60. The Bertz CT molecular complexity index is 2240. The maximum absolute atomic E-state index is 14.9. The van der Waals surface area contributed by atoms with E-state index < -0.39 is 36.5 Å². The van der Waals surface area contributed by atoms with Crippen LogP contribution in [0.1, 0.15) is 68.4 Å². The molecular weight excluding hydrogens is 735 g/mol. The topological polar surface area (TPSA) is 122 Å². The Balaban J connectivity index is 0.934. The zero-order valence-electron chi connectivity index (χ0n) is 32.8. The van der Waals surface area contributed by atoms with Gasteiger partial charge in [-0.15, -0.1) is 0 Å². The van der Waals surface area contributed by atoms with Crippen molar-refractivity contribution in [2.75, 3.05) is 26.2 Å². The first-order valence-electron chi connectivity index (χ1n) is 20.4. The minimum absolute atomic E-state index is 0.0113. The minimum Gasteiger partial charge on any atom is -0.340 e. The minimum atomic E-state index is -1.14. The number of aromatic amines is 2. The number of nitrogens with zero attached hydrogens (tertiary/aromatic N) is 4. The molecule has 3 aromatic carbocycles. The van der Waals surface area contributed by atoms with Gasteiger partial charge in [-0.1, -0.05) is 117 Å². The molecule has 2 amide bonds. The van der Waals surface area contributed by atoms with Crippen molar-refractivity contribution in [3.8, 4) is 33.6 Å². The molecule has 5 aromatic rings. The average molecular weight is 785 g/mol. The summed E-state index contributed by atoms with van der Waals surface area (Å²) in [5, 5.41) is 6.63. The molecule has 2 aliphatic heterocycles. The molecule has 300 valence electrons. The lowest BCUT2D eigenvalue weighted by Crippen LogP contribution is -2.50. The fourth-order valence-corrected chi connectivity index (χ4v) is 8.60. The lowest BCUT2D eigenvalue weighted by molar-refractivity contribution is -0.136. The number of alkyl halides is 2. The van der Waals surface area contributed by atoms with Gasteiger partial charge in [0.2, 0.25) is 11.8 Å². The van der Waals surface area contributed by atoms with Crippen molar-refractivity contribution in [1.29, 1.82) is 0 Å². The Morgan fingerprint density at radius 3 is 1.72 bits per heavy atom. The van der Waals surface area contributed by atoms with Crippen LogP contribution in [-0.4, -0.2) is 86.1 Å². The van der Waals surface area contributed by atoms with E-state index in [-0.39, 0.29) is 43.7 Å². The third-order valence-electron chi connectivity index (χ3n) is 11.5. The summed E-state index contributed by atoms with van der Waals surface area (Å²) in [6.07, 6.45) is 10.4. The van der Waals surface area contributed by atoms with Crippen molar-refractivity contribution >= 4 is 11.8 Å². The summed E-state index contributed by atoms with van der Waals surface area (Å²) in [4.78, 5) is 47.0. The smallest absolute Gasteiger partial charge is 0.245 e. The molecule has 0 saturated carbocycles. The molecule has 8 rings (SSSR count). The second-order valence-electron chi connectivity index (χ2n) is 15.3. The SMILES string of the molecule is CCN[C@@H](C(=O)N1C[C@H](F)C[C@H]1c1ncc(-c2ccc(-c3ccc(-c4cnc([C@@H]5C[C@@H](F)CN5C(=O)[C@H](NCC)C5C=CC=CC5)[nH]4)cc3)cc2)[nH]1)c1ccccc1. The van der Waals surface area contributed by atoms with Crippen molar-refractivity contribution in [3.05, 3.63) is 133 Å². The van der Waals surface area contributed by atoms with Crippen LogP contribution in [0.15, 0.2) is 116 Å². The summed E-state index contributed by atoms with van der Waals surface area (Å²) in [5.41, 5.74) is 6.33. The second kappa shape index (κ2) is 17.4. The largest absolute Gasteiger partial charge is 0.340 e. The van der Waals surface area contributed by atoms with Crippen LogP contribution in [0.25, 0.3) is 33.6 Å². The molecule has 2 fully saturated rings. The highest BCUT2D eigenvalue weighted by Gasteiger charge is 2.42. The number of amides is 2. The van der Waals surface area contributed by atoms with Crippen molar-refractivity contribution in [1.82, 2.24) is 40.4 Å². The zero-order chi connectivity index (χ0) is 40.2. The number of likely N-dealkylation sites (tertiary alicyclic amines) is 2. The van der Waals surface area contributed by atoms with Gasteiger partial charge >= 0.3 is 0 Å². The molecule has 1 unspecified atom stereocenters. The van der Waals surface area contributed by atoms with E-state index in [0.717, 1.165) is 45.6 Å². The van der Waals surface area contributed by atoms with Crippen molar-refractivity contribution in [2.24, 2.45) is 5.92 Å². The standard InChI is InChI=1S/C46H50F2N8O2/c1-3-49-41(33-11-7-5-8-12-33)45(57)55-27-35(47)23-39(55)43-51-25-37(53-43)31-19-15-29(16-20-31)30-17-21-32(22-18-30)38-26-52-44(54-38)40-24-36(48)28-56(40)46(58)42(50-4-2)34-13-9-6-10-14-34/h5-13,15-22,25-26,34-36,39-42,49-50H,3-4,14,23-24,27-28H2,1-2H3,(H,51,53)(H,52,54)/t34?,35-,36-,39+,40+,41-,42-/m1/s1. The van der Waals surface area contributed by atoms with Crippen LogP contribution in [0.5, 0.6) is 0 Å². The highest BCUT2D eigenvalue weighted by Crippen LogP contribution is 2.37. The van der Waals surface area contributed by atoms with Crippen LogP contribution in [0.3, 0.4) is 0 Å². The molecule has 10 nitrogen and oxygen atoms in total. The second-order valence-corrected chi connectivity index (χ2v) is 15.3. The maximum Gasteiger partial charge on any atom is 0.245 e. The summed E-state index contributed by atoms with van der Waals surface area (Å²) >= 11 is 0. The Hall–Kier alpha value is -5.72. The first-order chi connectivity index (χ1) is 28.3. The van der Waals surface area contributed by atoms with Gasteiger partial charge in [0.05, 0.1) is 55.0 Å². The Kier molecular flexibility index (Phi) is 11.7. The summed E-state index contributed by atoms with van der Waals surface area (Å²) in [7, 11) is 0. The number of allylic oxidation sites excluding steroid dienone is 3. The van der Waals surface area contributed by atoms with E-state index in [9.17, 15) is 18.4 Å². The van der Waals surface area contributed by atoms with Crippen molar-refractivity contribution < 1.29 is 18.4 Å². The first-order valence-corrected chi connectivity index (χ1v) is 20.4. The van der Waals surface area contributed by atoms with Gasteiger partial charge in [0, 0.05) is 18.8 Å². The normalized spacial score (nSPS) is 22.7. The van der Waals surface area contributed by atoms with Crippen molar-refractivity contribution in [2.45, 2.75) is 69.6 Å². The third-order valence-corrected chi connectivity index (χ3v) is 11.5. The fraction of sp³-hybridized carbons (Fsp3) is 0.348. The molecular formula is C46H50F2N8O2. The predicted molar refractivity (Wildman–Crippen MR) is 222 cm³/mol. The third kappa shape index (κ3) is 8.17. The van der Waals surface area contributed by atoms with Gasteiger partial charge in [-0.2, -0.15) is 0 Å². The maximum atomic E-state index is 14.9. The number of H-pyrrole nitrogens is 2. The number of carbonyl (C=O) groups excluding carboxylic acids is 2. The van der Waals surface area contributed by atoms with Crippen molar-refractivity contribution in [3.63, 3.8) is 0 Å². The molecule has 2 aromatic heterocycles. The Labute approximate surface area is 337 Å². The number of aromatic nitrogens is 4. The van der Waals surface area contributed by atoms with E-state index in [1.165, 1.54) is 0 Å². The lowest BCUT2D eigenvalue weighted by Gasteiger charge is -2.31. The molecule has 7 atom stereocenters. The average Bonchev–Trinajstić information content (AvgIpc) is 4.09. The number of hydrogen-bond acceptors (Lipinski definition) is 6. The van der Waals surface area contributed by atoms with Gasteiger partial charge < -0.3 is 30.4 Å². The quantitative estimate of drug-likeness (QED) is 0.0967. The highest BCUT2D eigenvalue weighted by molar-refractivity contribution is 5.84. The molecule has 0 bridgehead atoms. The number of nitrogens with one attached hydrogen (secondary N) is 4. The molecule has 0 spiro atoms. The highest BCUT2D eigenvalue weighted by atomic mass is 19.1. The summed E-state index contributed by atoms with van der Waals surface area (Å²) < 4.78 is 29.8. The van der Waals surface area contributed by atoms with Crippen LogP contribution in [0.2, 0.25) is 0 Å². The van der Waals surface area contributed by atoms with Crippen LogP contribution in [0.4, 0.5) is 8.78 Å². The molecule has 12 heteroatoms. The predicted octanol–water partition coefficient (Wildman–Crippen LogP) is 7.82. The van der Waals surface area contributed by atoms with Crippen LogP contribution < -0.4 is 10.6 Å². The van der Waals surface area contributed by atoms with Crippen LogP contribution >= 0.6 is 0 Å². The summed E-state index contributed by atoms with van der Waals surface area (Å²) in [5.74, 6) is 0.898. The summed E-state index contributed by atoms with van der Waals surface area (Å²) in [6.45, 7) is 5.24. The van der Waals surface area contributed by atoms with Crippen LogP contribution in [-0.2, 0) is 9.59 Å². The Morgan fingerprint density at radius 2 is 1.22 bits per heavy atom. The van der Waals surface area contributed by atoms with Gasteiger partial charge in [0.15, 0.2) is 0 Å².